The molecule has 0 unspecified atom stereocenters. The Kier molecular flexibility index (Phi) is 7.24. The van der Waals surface area contributed by atoms with Crippen LogP contribution in [0.2, 0.25) is 0 Å². The van der Waals surface area contributed by atoms with Gasteiger partial charge in [0.25, 0.3) is 5.91 Å². The minimum atomic E-state index is -4.35. The fraction of sp³-hybridized carbons (Fsp3) is 0.350. The van der Waals surface area contributed by atoms with Crippen LogP contribution >= 0.6 is 0 Å². The summed E-state index contributed by atoms with van der Waals surface area (Å²) in [4.78, 5) is 12.1. The summed E-state index contributed by atoms with van der Waals surface area (Å²) < 4.78 is 46.3. The van der Waals surface area contributed by atoms with Gasteiger partial charge in [-0.2, -0.15) is 13.2 Å². The van der Waals surface area contributed by atoms with Crippen molar-refractivity contribution in [3.8, 4) is 5.75 Å². The van der Waals surface area contributed by atoms with Crippen LogP contribution in [0.5, 0.6) is 5.75 Å². The van der Waals surface area contributed by atoms with Crippen LogP contribution in [0.4, 0.5) is 13.2 Å². The molecule has 0 fully saturated rings. The van der Waals surface area contributed by atoms with E-state index in [-0.39, 0.29) is 12.5 Å². The van der Waals surface area contributed by atoms with Crippen molar-refractivity contribution in [2.45, 2.75) is 26.6 Å². The summed E-state index contributed by atoms with van der Waals surface area (Å²) >= 11 is 0. The van der Waals surface area contributed by atoms with Gasteiger partial charge in [-0.1, -0.05) is 29.8 Å². The van der Waals surface area contributed by atoms with Crippen molar-refractivity contribution in [1.82, 2.24) is 5.32 Å². The van der Waals surface area contributed by atoms with E-state index in [1.165, 1.54) is 0 Å². The van der Waals surface area contributed by atoms with Crippen LogP contribution in [0, 0.1) is 13.8 Å². The van der Waals surface area contributed by atoms with Crippen molar-refractivity contribution in [3.63, 3.8) is 0 Å². The molecule has 7 heteroatoms. The molecule has 4 nitrogen and oxygen atoms in total. The zero-order valence-corrected chi connectivity index (χ0v) is 15.2. The Morgan fingerprint density at radius 1 is 1.07 bits per heavy atom. The third kappa shape index (κ3) is 7.30. The highest BCUT2D eigenvalue weighted by Gasteiger charge is 2.27. The highest BCUT2D eigenvalue weighted by atomic mass is 19.4. The Labute approximate surface area is 156 Å². The molecule has 2 aromatic rings. The minimum absolute atomic E-state index is 0.162. The summed E-state index contributed by atoms with van der Waals surface area (Å²) in [5, 5.41) is 2.74. The van der Waals surface area contributed by atoms with Crippen LogP contribution in [0.3, 0.4) is 0 Å². The van der Waals surface area contributed by atoms with E-state index >= 15 is 0 Å². The van der Waals surface area contributed by atoms with E-state index in [1.54, 1.807) is 24.3 Å². The van der Waals surface area contributed by atoms with Crippen LogP contribution < -0.4 is 10.1 Å². The predicted octanol–water partition coefficient (Wildman–Crippen LogP) is 4.19. The summed E-state index contributed by atoms with van der Waals surface area (Å²) in [7, 11) is 0. The third-order valence-electron chi connectivity index (χ3n) is 3.73. The van der Waals surface area contributed by atoms with Crippen molar-refractivity contribution < 1.29 is 27.4 Å². The first-order valence-corrected chi connectivity index (χ1v) is 8.46. The van der Waals surface area contributed by atoms with Gasteiger partial charge in [0.1, 0.15) is 19.0 Å². The number of carbonyl (C=O) groups is 1. The average molecular weight is 381 g/mol. The molecule has 0 spiro atoms. The molecule has 0 bridgehead atoms. The lowest BCUT2D eigenvalue weighted by atomic mass is 10.1. The standard InChI is InChI=1S/C20H22F3NO3/c1-14-3-8-18(15(2)11-14)27-10-9-24-19(25)17-6-4-16(5-7-17)12-26-13-20(21,22)23/h3-8,11H,9-10,12-13H2,1-2H3,(H,24,25). The Morgan fingerprint density at radius 2 is 1.78 bits per heavy atom. The number of alkyl halides is 3. The number of amides is 1. The summed E-state index contributed by atoms with van der Waals surface area (Å²) in [5.74, 6) is 0.500. The molecule has 146 valence electrons. The molecule has 0 heterocycles. The first kappa shape index (κ1) is 20.8. The molecule has 0 aromatic heterocycles. The van der Waals surface area contributed by atoms with Crippen molar-refractivity contribution in [3.05, 3.63) is 64.7 Å². The van der Waals surface area contributed by atoms with Gasteiger partial charge < -0.3 is 14.8 Å². The zero-order valence-electron chi connectivity index (χ0n) is 15.2. The van der Waals surface area contributed by atoms with E-state index in [0.29, 0.717) is 24.3 Å². The van der Waals surface area contributed by atoms with E-state index in [4.69, 9.17) is 4.74 Å². The van der Waals surface area contributed by atoms with Gasteiger partial charge in [-0.15, -0.1) is 0 Å². The van der Waals surface area contributed by atoms with Crippen molar-refractivity contribution >= 4 is 5.91 Å². The molecule has 0 radical (unpaired) electrons. The number of hydrogen-bond acceptors (Lipinski definition) is 3. The number of halogens is 3. The van der Waals surface area contributed by atoms with E-state index in [0.717, 1.165) is 16.9 Å². The molecule has 1 N–H and O–H groups in total. The number of carbonyl (C=O) groups excluding carboxylic acids is 1. The normalized spacial score (nSPS) is 11.3. The van der Waals surface area contributed by atoms with Gasteiger partial charge in [0.05, 0.1) is 13.2 Å². The van der Waals surface area contributed by atoms with Crippen LogP contribution in [0.1, 0.15) is 27.0 Å². The van der Waals surface area contributed by atoms with Crippen LogP contribution in [0.15, 0.2) is 42.5 Å². The number of rotatable bonds is 8. The van der Waals surface area contributed by atoms with E-state index in [9.17, 15) is 18.0 Å². The fourth-order valence-electron chi connectivity index (χ4n) is 2.43. The van der Waals surface area contributed by atoms with Gasteiger partial charge in [0.2, 0.25) is 0 Å². The third-order valence-corrected chi connectivity index (χ3v) is 3.73. The molecule has 0 aliphatic heterocycles. The molecule has 2 rings (SSSR count). The Hall–Kier alpha value is -2.54. The second-order valence-electron chi connectivity index (χ2n) is 6.18. The summed E-state index contributed by atoms with van der Waals surface area (Å²) in [6.45, 7) is 3.17. The van der Waals surface area contributed by atoms with Gasteiger partial charge in [-0.3, -0.25) is 4.79 Å². The highest BCUT2D eigenvalue weighted by molar-refractivity contribution is 5.94. The summed E-state index contributed by atoms with van der Waals surface area (Å²) in [6, 6.07) is 12.1. The largest absolute Gasteiger partial charge is 0.491 e. The zero-order chi connectivity index (χ0) is 19.9. The second kappa shape index (κ2) is 9.41. The van der Waals surface area contributed by atoms with Gasteiger partial charge >= 0.3 is 6.18 Å². The molecule has 0 saturated carbocycles. The SMILES string of the molecule is Cc1ccc(OCCNC(=O)c2ccc(COCC(F)(F)F)cc2)c(C)c1. The molecule has 0 saturated heterocycles. The number of hydrogen-bond donors (Lipinski definition) is 1. The molecule has 0 atom stereocenters. The van der Waals surface area contributed by atoms with E-state index in [2.05, 4.69) is 10.1 Å². The first-order valence-electron chi connectivity index (χ1n) is 8.46. The lowest BCUT2D eigenvalue weighted by molar-refractivity contribution is -0.176. The maximum Gasteiger partial charge on any atom is 0.411 e. The van der Waals surface area contributed by atoms with Crippen molar-refractivity contribution in [1.29, 1.82) is 0 Å². The second-order valence-corrected chi connectivity index (χ2v) is 6.18. The van der Waals surface area contributed by atoms with Gasteiger partial charge in [0, 0.05) is 5.56 Å². The molecular formula is C20H22F3NO3. The maximum absolute atomic E-state index is 12.1. The average Bonchev–Trinajstić information content (AvgIpc) is 2.59. The van der Waals surface area contributed by atoms with Gasteiger partial charge in [0.15, 0.2) is 0 Å². The maximum atomic E-state index is 12.1. The highest BCUT2D eigenvalue weighted by Crippen LogP contribution is 2.18. The lowest BCUT2D eigenvalue weighted by Crippen LogP contribution is -2.28. The molecule has 27 heavy (non-hydrogen) atoms. The Balaban J connectivity index is 1.74. The van der Waals surface area contributed by atoms with Crippen LogP contribution in [0.25, 0.3) is 0 Å². The molecule has 1 amide bonds. The van der Waals surface area contributed by atoms with Crippen molar-refractivity contribution in [2.24, 2.45) is 0 Å². The molecule has 2 aromatic carbocycles. The van der Waals surface area contributed by atoms with Gasteiger partial charge in [-0.25, -0.2) is 0 Å². The monoisotopic (exact) mass is 381 g/mol. The topological polar surface area (TPSA) is 47.6 Å². The van der Waals surface area contributed by atoms with Gasteiger partial charge in [-0.05, 0) is 43.2 Å². The number of ether oxygens (including phenoxy) is 2. The molecule has 0 aliphatic rings. The molecule has 0 aliphatic carbocycles. The summed E-state index contributed by atoms with van der Waals surface area (Å²) in [6.07, 6.45) is -4.35. The number of nitrogens with one attached hydrogen (secondary N) is 1. The summed E-state index contributed by atoms with van der Waals surface area (Å²) in [5.41, 5.74) is 3.17. The first-order chi connectivity index (χ1) is 12.7. The van der Waals surface area contributed by atoms with Crippen LogP contribution in [-0.2, 0) is 11.3 Å². The minimum Gasteiger partial charge on any atom is -0.491 e. The van der Waals surface area contributed by atoms with Crippen LogP contribution in [-0.4, -0.2) is 31.8 Å². The van der Waals surface area contributed by atoms with Crippen molar-refractivity contribution in [2.75, 3.05) is 19.8 Å². The lowest BCUT2D eigenvalue weighted by Gasteiger charge is -2.11. The van der Waals surface area contributed by atoms with E-state index < -0.39 is 12.8 Å². The number of benzene rings is 2. The Bertz CT molecular complexity index is 758. The predicted molar refractivity (Wildman–Crippen MR) is 95.9 cm³/mol. The Morgan fingerprint density at radius 3 is 2.41 bits per heavy atom. The quantitative estimate of drug-likeness (QED) is 0.698. The fourth-order valence-corrected chi connectivity index (χ4v) is 2.43. The number of aryl methyl sites for hydroxylation is 2. The smallest absolute Gasteiger partial charge is 0.411 e. The van der Waals surface area contributed by atoms with E-state index in [1.807, 2.05) is 32.0 Å². The molecular weight excluding hydrogens is 359 g/mol.